The normalized spacial score (nSPS) is 14.6. The van der Waals surface area contributed by atoms with Gasteiger partial charge in [-0.15, -0.1) is 5.10 Å². The molecule has 7 nitrogen and oxygen atoms in total. The van der Waals surface area contributed by atoms with Gasteiger partial charge in [0.05, 0.1) is 11.9 Å². The van der Waals surface area contributed by atoms with Crippen LogP contribution in [0, 0.1) is 5.92 Å². The monoisotopic (exact) mass is 325 g/mol. The first-order valence-electron chi connectivity index (χ1n) is 8.06. The maximum atomic E-state index is 11.9. The molecule has 1 unspecified atom stereocenters. The number of nitrogens with zero attached hydrogens (tertiary/aromatic N) is 3. The second-order valence-electron chi connectivity index (χ2n) is 7.72. The molecule has 0 radical (unpaired) electrons. The molecule has 0 aliphatic heterocycles. The summed E-state index contributed by atoms with van der Waals surface area (Å²) in [7, 11) is 1.86. The van der Waals surface area contributed by atoms with Gasteiger partial charge < -0.3 is 15.4 Å². The number of aryl methyl sites for hydroxylation is 1. The Hall–Kier alpha value is -1.63. The molecule has 0 bridgehead atoms. The molecule has 1 aromatic rings. The highest BCUT2D eigenvalue weighted by Gasteiger charge is 2.27. The van der Waals surface area contributed by atoms with Crippen LogP contribution < -0.4 is 10.6 Å². The Bertz CT molecular complexity index is 507. The van der Waals surface area contributed by atoms with Crippen LogP contribution in [0.4, 0.5) is 4.79 Å². The minimum absolute atomic E-state index is 0.241. The van der Waals surface area contributed by atoms with E-state index in [1.807, 2.05) is 27.8 Å². The number of ether oxygens (including phenoxy) is 1. The number of rotatable bonds is 7. The quantitative estimate of drug-likeness (QED) is 0.803. The van der Waals surface area contributed by atoms with Crippen molar-refractivity contribution in [1.29, 1.82) is 0 Å². The molecule has 0 aromatic carbocycles. The van der Waals surface area contributed by atoms with Crippen molar-refractivity contribution in [3.8, 4) is 0 Å². The highest BCUT2D eigenvalue weighted by molar-refractivity contribution is 5.67. The summed E-state index contributed by atoms with van der Waals surface area (Å²) in [6.07, 6.45) is 2.27. The molecule has 0 aliphatic rings. The lowest BCUT2D eigenvalue weighted by Gasteiger charge is -2.33. The van der Waals surface area contributed by atoms with E-state index in [0.29, 0.717) is 19.0 Å². The van der Waals surface area contributed by atoms with Gasteiger partial charge in [-0.3, -0.25) is 4.68 Å². The molecule has 0 saturated carbocycles. The number of carbonyl (C=O) groups is 1. The molecule has 2 N–H and O–H groups in total. The number of carbonyl (C=O) groups excluding carboxylic acids is 1. The van der Waals surface area contributed by atoms with E-state index in [-0.39, 0.29) is 5.54 Å². The lowest BCUT2D eigenvalue weighted by atomic mass is 9.90. The van der Waals surface area contributed by atoms with E-state index in [1.165, 1.54) is 0 Å². The number of alkyl carbamates (subject to hydrolysis) is 1. The first-order valence-corrected chi connectivity index (χ1v) is 8.06. The van der Waals surface area contributed by atoms with Crippen LogP contribution >= 0.6 is 0 Å². The van der Waals surface area contributed by atoms with Crippen LogP contribution in [0.5, 0.6) is 0 Å². The van der Waals surface area contributed by atoms with Crippen LogP contribution in [0.1, 0.15) is 53.7 Å². The Morgan fingerprint density at radius 2 is 2.00 bits per heavy atom. The predicted molar refractivity (Wildman–Crippen MR) is 89.9 cm³/mol. The molecule has 0 aliphatic carbocycles. The average molecular weight is 325 g/mol. The van der Waals surface area contributed by atoms with Crippen LogP contribution in [0.2, 0.25) is 0 Å². The number of amides is 1. The van der Waals surface area contributed by atoms with E-state index < -0.39 is 11.7 Å². The van der Waals surface area contributed by atoms with Crippen molar-refractivity contribution in [2.24, 2.45) is 13.0 Å². The zero-order chi connectivity index (χ0) is 17.7. The standard InChI is InChI=1S/C16H31N5O2/c1-12(2)8-16(6,11-17-14(22)23-15(3,4)5)18-9-13-10-19-20-21(13)7/h10,12,18H,8-9,11H2,1-7H3,(H,17,22). The largest absolute Gasteiger partial charge is 0.444 e. The fraction of sp³-hybridized carbons (Fsp3) is 0.812. The fourth-order valence-electron chi connectivity index (χ4n) is 2.46. The van der Waals surface area contributed by atoms with E-state index >= 15 is 0 Å². The van der Waals surface area contributed by atoms with Gasteiger partial charge in [-0.1, -0.05) is 19.1 Å². The second-order valence-corrected chi connectivity index (χ2v) is 7.72. The first-order chi connectivity index (χ1) is 10.5. The smallest absolute Gasteiger partial charge is 0.407 e. The topological polar surface area (TPSA) is 81.1 Å². The summed E-state index contributed by atoms with van der Waals surface area (Å²) in [4.78, 5) is 11.9. The van der Waals surface area contributed by atoms with Crippen LogP contribution in [-0.2, 0) is 18.3 Å². The third kappa shape index (κ3) is 7.45. The van der Waals surface area contributed by atoms with Gasteiger partial charge >= 0.3 is 6.09 Å². The molecule has 1 atom stereocenters. The number of nitrogens with one attached hydrogen (secondary N) is 2. The lowest BCUT2D eigenvalue weighted by Crippen LogP contribution is -2.52. The van der Waals surface area contributed by atoms with Crippen molar-refractivity contribution in [2.75, 3.05) is 6.54 Å². The van der Waals surface area contributed by atoms with Crippen molar-refractivity contribution in [3.05, 3.63) is 11.9 Å². The van der Waals surface area contributed by atoms with Gasteiger partial charge in [0.1, 0.15) is 5.60 Å². The van der Waals surface area contributed by atoms with Gasteiger partial charge in [-0.25, -0.2) is 4.79 Å². The van der Waals surface area contributed by atoms with Crippen molar-refractivity contribution in [3.63, 3.8) is 0 Å². The Morgan fingerprint density at radius 3 is 2.48 bits per heavy atom. The minimum Gasteiger partial charge on any atom is -0.444 e. The molecule has 0 spiro atoms. The maximum absolute atomic E-state index is 11.9. The Kier molecular flexibility index (Phi) is 6.56. The van der Waals surface area contributed by atoms with Crippen molar-refractivity contribution < 1.29 is 9.53 Å². The predicted octanol–water partition coefficient (Wildman–Crippen LogP) is 2.23. The molecular weight excluding hydrogens is 294 g/mol. The molecule has 1 rings (SSSR count). The number of hydrogen-bond acceptors (Lipinski definition) is 5. The van der Waals surface area contributed by atoms with Gasteiger partial charge in [0.25, 0.3) is 0 Å². The summed E-state index contributed by atoms with van der Waals surface area (Å²) in [6.45, 7) is 13.1. The molecule has 0 saturated heterocycles. The van der Waals surface area contributed by atoms with E-state index in [2.05, 4.69) is 41.7 Å². The van der Waals surface area contributed by atoms with Crippen LogP contribution in [0.25, 0.3) is 0 Å². The third-order valence-electron chi connectivity index (χ3n) is 3.39. The van der Waals surface area contributed by atoms with Gasteiger partial charge in [0.15, 0.2) is 0 Å². The zero-order valence-electron chi connectivity index (χ0n) is 15.4. The van der Waals surface area contributed by atoms with Gasteiger partial charge in [0.2, 0.25) is 0 Å². The second kappa shape index (κ2) is 7.77. The number of aromatic nitrogens is 3. The molecule has 1 aromatic heterocycles. The minimum atomic E-state index is -0.494. The van der Waals surface area contributed by atoms with Crippen LogP contribution in [-0.4, -0.2) is 38.8 Å². The average Bonchev–Trinajstić information content (AvgIpc) is 2.77. The maximum Gasteiger partial charge on any atom is 0.407 e. The highest BCUT2D eigenvalue weighted by atomic mass is 16.6. The molecule has 23 heavy (non-hydrogen) atoms. The SMILES string of the molecule is CC(C)CC(C)(CNC(=O)OC(C)(C)C)NCc1cnnn1C. The summed E-state index contributed by atoms with van der Waals surface area (Å²) in [5.74, 6) is 0.498. The number of hydrogen-bond donors (Lipinski definition) is 2. The van der Waals surface area contributed by atoms with Gasteiger partial charge in [0, 0.05) is 25.7 Å². The Labute approximate surface area is 139 Å². The molecule has 1 amide bonds. The fourth-order valence-corrected chi connectivity index (χ4v) is 2.46. The molecule has 132 valence electrons. The Balaban J connectivity index is 2.62. The van der Waals surface area contributed by atoms with Crippen molar-refractivity contribution in [2.45, 2.75) is 65.6 Å². The zero-order valence-corrected chi connectivity index (χ0v) is 15.4. The molecule has 0 fully saturated rings. The highest BCUT2D eigenvalue weighted by Crippen LogP contribution is 2.17. The van der Waals surface area contributed by atoms with Gasteiger partial charge in [-0.05, 0) is 40.0 Å². The Morgan fingerprint density at radius 1 is 1.35 bits per heavy atom. The van der Waals surface area contributed by atoms with Crippen molar-refractivity contribution >= 4 is 6.09 Å². The molecule has 1 heterocycles. The first kappa shape index (κ1) is 19.4. The van der Waals surface area contributed by atoms with E-state index in [9.17, 15) is 4.79 Å². The van der Waals surface area contributed by atoms with Crippen molar-refractivity contribution in [1.82, 2.24) is 25.6 Å². The van der Waals surface area contributed by atoms with E-state index in [1.54, 1.807) is 10.9 Å². The van der Waals surface area contributed by atoms with E-state index in [4.69, 9.17) is 4.74 Å². The summed E-state index contributed by atoms with van der Waals surface area (Å²) in [5, 5.41) is 14.2. The summed E-state index contributed by atoms with van der Waals surface area (Å²) in [5.41, 5.74) is 0.263. The summed E-state index contributed by atoms with van der Waals surface area (Å²) in [6, 6.07) is 0. The molecular formula is C16H31N5O2. The lowest BCUT2D eigenvalue weighted by molar-refractivity contribution is 0.0507. The summed E-state index contributed by atoms with van der Waals surface area (Å²) >= 11 is 0. The third-order valence-corrected chi connectivity index (χ3v) is 3.39. The van der Waals surface area contributed by atoms with Crippen LogP contribution in [0.15, 0.2) is 6.20 Å². The summed E-state index contributed by atoms with van der Waals surface area (Å²) < 4.78 is 7.05. The van der Waals surface area contributed by atoms with Gasteiger partial charge in [-0.2, -0.15) is 0 Å². The molecule has 7 heteroatoms. The van der Waals surface area contributed by atoms with Crippen LogP contribution in [0.3, 0.4) is 0 Å². The van der Waals surface area contributed by atoms with E-state index in [0.717, 1.165) is 12.1 Å².